The fraction of sp³-hybridized carbons (Fsp3) is 0.238. The van der Waals surface area contributed by atoms with E-state index in [0.717, 1.165) is 44.3 Å². The number of aromatic nitrogens is 4. The number of aliphatic imine (C=N–C) groups is 1. The Morgan fingerprint density at radius 3 is 3.00 bits per heavy atom. The van der Waals surface area contributed by atoms with Gasteiger partial charge in [0.2, 0.25) is 6.79 Å². The van der Waals surface area contributed by atoms with E-state index >= 15 is 0 Å². The number of fused-ring (bicyclic) bond motifs is 4. The third kappa shape index (κ3) is 2.66. The lowest BCUT2D eigenvalue weighted by molar-refractivity contribution is 0.174. The molecule has 0 unspecified atom stereocenters. The van der Waals surface area contributed by atoms with Crippen molar-refractivity contribution in [3.63, 3.8) is 0 Å². The molecule has 0 aliphatic carbocycles. The van der Waals surface area contributed by atoms with Crippen LogP contribution in [0.1, 0.15) is 10.6 Å². The monoisotopic (exact) mass is 419 g/mol. The van der Waals surface area contributed by atoms with Crippen LogP contribution in [0, 0.1) is 0 Å². The first-order valence-electron chi connectivity index (χ1n) is 9.60. The minimum absolute atomic E-state index is 0.137. The maximum atomic E-state index is 13.2. The average Bonchev–Trinajstić information content (AvgIpc) is 3.51. The van der Waals surface area contributed by atoms with Crippen LogP contribution < -0.4 is 15.0 Å². The van der Waals surface area contributed by atoms with Crippen molar-refractivity contribution in [3.05, 3.63) is 57.5 Å². The predicted molar refractivity (Wildman–Crippen MR) is 115 cm³/mol. The lowest BCUT2D eigenvalue weighted by atomic mass is 10.2. The molecule has 6 rings (SSSR count). The van der Waals surface area contributed by atoms with Crippen LogP contribution in [0.25, 0.3) is 21.3 Å². The summed E-state index contributed by atoms with van der Waals surface area (Å²) < 4.78 is 15.1. The number of thiazole rings is 1. The van der Waals surface area contributed by atoms with E-state index in [-0.39, 0.29) is 12.4 Å². The summed E-state index contributed by atoms with van der Waals surface area (Å²) in [6, 6.07) is 5.66. The summed E-state index contributed by atoms with van der Waals surface area (Å²) in [4.78, 5) is 22.4. The summed E-state index contributed by atoms with van der Waals surface area (Å²) in [5.74, 6) is 1.41. The molecular formula is C21H17N5O3S. The minimum Gasteiger partial charge on any atom is -0.454 e. The molecule has 0 spiro atoms. The molecule has 0 amide bonds. The van der Waals surface area contributed by atoms with E-state index in [4.69, 9.17) is 14.5 Å². The Kier molecular flexibility index (Phi) is 3.79. The van der Waals surface area contributed by atoms with Gasteiger partial charge in [0.1, 0.15) is 10.5 Å². The van der Waals surface area contributed by atoms with Gasteiger partial charge >= 0.3 is 0 Å². The summed E-state index contributed by atoms with van der Waals surface area (Å²) in [6.45, 7) is 1.33. The van der Waals surface area contributed by atoms with E-state index in [0.29, 0.717) is 24.2 Å². The molecule has 5 heterocycles. The van der Waals surface area contributed by atoms with Gasteiger partial charge in [-0.15, -0.1) is 11.3 Å². The Morgan fingerprint density at radius 1 is 1.23 bits per heavy atom. The van der Waals surface area contributed by atoms with Crippen LogP contribution in [0.15, 0.2) is 46.3 Å². The van der Waals surface area contributed by atoms with Gasteiger partial charge < -0.3 is 14.0 Å². The van der Waals surface area contributed by atoms with Crippen molar-refractivity contribution in [2.24, 2.45) is 12.0 Å². The molecule has 9 heteroatoms. The molecule has 0 saturated carbocycles. The number of nitrogens with zero attached hydrogens (tertiary/aromatic N) is 5. The summed E-state index contributed by atoms with van der Waals surface area (Å²) in [7, 11) is 1.88. The average molecular weight is 419 g/mol. The van der Waals surface area contributed by atoms with Crippen molar-refractivity contribution in [2.45, 2.75) is 13.0 Å². The normalized spacial score (nSPS) is 14.9. The Bertz CT molecular complexity index is 1440. The quantitative estimate of drug-likeness (QED) is 0.508. The van der Waals surface area contributed by atoms with E-state index in [9.17, 15) is 4.79 Å². The van der Waals surface area contributed by atoms with E-state index < -0.39 is 0 Å². The summed E-state index contributed by atoms with van der Waals surface area (Å²) in [6.07, 6.45) is 6.57. The number of rotatable bonds is 4. The first-order chi connectivity index (χ1) is 14.7. The maximum Gasteiger partial charge on any atom is 0.291 e. The zero-order valence-corrected chi connectivity index (χ0v) is 17.0. The second kappa shape index (κ2) is 6.53. The van der Waals surface area contributed by atoms with E-state index in [2.05, 4.69) is 10.1 Å². The number of hydrogen-bond donors (Lipinski definition) is 0. The van der Waals surface area contributed by atoms with Crippen LogP contribution in [0.4, 0.5) is 0 Å². The zero-order valence-electron chi connectivity index (χ0n) is 16.2. The Morgan fingerprint density at radius 2 is 2.13 bits per heavy atom. The molecule has 2 aliphatic rings. The van der Waals surface area contributed by atoms with Crippen molar-refractivity contribution in [2.75, 3.05) is 13.3 Å². The van der Waals surface area contributed by atoms with Crippen molar-refractivity contribution in [1.29, 1.82) is 0 Å². The van der Waals surface area contributed by atoms with Crippen molar-refractivity contribution in [1.82, 2.24) is 19.3 Å². The number of ether oxygens (including phenoxy) is 2. The van der Waals surface area contributed by atoms with Gasteiger partial charge in [0.15, 0.2) is 17.1 Å². The van der Waals surface area contributed by atoms with Crippen molar-refractivity contribution >= 4 is 38.3 Å². The highest BCUT2D eigenvalue weighted by Crippen LogP contribution is 2.33. The molecule has 2 aliphatic heterocycles. The molecular weight excluding hydrogens is 402 g/mol. The van der Waals surface area contributed by atoms with Gasteiger partial charge in [-0.2, -0.15) is 5.10 Å². The standard InChI is InChI=1S/C21H17N5O3S/c1-25-18-14(19-20(25)24-17(30-19)8-13-3-2-6-22-13)9-23-26(21(18)27)10-12-4-5-15-16(7-12)29-11-28-15/h2-5,7,9H,6,8,10-11H2,1H3. The second-order valence-electron chi connectivity index (χ2n) is 7.29. The molecule has 30 heavy (non-hydrogen) atoms. The van der Waals surface area contributed by atoms with Crippen LogP contribution in [0.2, 0.25) is 0 Å². The van der Waals surface area contributed by atoms with Gasteiger partial charge in [0.05, 0.1) is 24.0 Å². The second-order valence-corrected chi connectivity index (χ2v) is 8.37. The van der Waals surface area contributed by atoms with Gasteiger partial charge in [0.25, 0.3) is 5.56 Å². The van der Waals surface area contributed by atoms with Gasteiger partial charge in [-0.25, -0.2) is 9.67 Å². The van der Waals surface area contributed by atoms with Gasteiger partial charge in [-0.3, -0.25) is 9.79 Å². The summed E-state index contributed by atoms with van der Waals surface area (Å²) in [5, 5.41) is 6.27. The Labute approximate surface area is 174 Å². The molecule has 4 aromatic rings. The fourth-order valence-electron chi connectivity index (χ4n) is 3.91. The molecule has 3 aromatic heterocycles. The van der Waals surface area contributed by atoms with Crippen LogP contribution in [-0.4, -0.2) is 38.4 Å². The fourth-order valence-corrected chi connectivity index (χ4v) is 5.04. The molecule has 0 N–H and O–H groups in total. The maximum absolute atomic E-state index is 13.2. The molecule has 0 fully saturated rings. The van der Waals surface area contributed by atoms with Crippen LogP contribution in [0.5, 0.6) is 11.5 Å². The largest absolute Gasteiger partial charge is 0.454 e. The van der Waals surface area contributed by atoms with E-state index in [1.54, 1.807) is 17.5 Å². The molecule has 0 atom stereocenters. The van der Waals surface area contributed by atoms with Gasteiger partial charge in [0, 0.05) is 24.6 Å². The molecule has 150 valence electrons. The van der Waals surface area contributed by atoms with Crippen molar-refractivity contribution < 1.29 is 9.47 Å². The van der Waals surface area contributed by atoms with Crippen molar-refractivity contribution in [3.8, 4) is 11.5 Å². The zero-order chi connectivity index (χ0) is 20.2. The van der Waals surface area contributed by atoms with E-state index in [1.165, 1.54) is 4.68 Å². The smallest absolute Gasteiger partial charge is 0.291 e. The summed E-state index contributed by atoms with van der Waals surface area (Å²) in [5.41, 5.74) is 3.26. The number of allylic oxidation sites excluding steroid dienone is 1. The highest BCUT2D eigenvalue weighted by atomic mass is 32.1. The van der Waals surface area contributed by atoms with E-state index in [1.807, 2.05) is 42.0 Å². The lowest BCUT2D eigenvalue weighted by Crippen LogP contribution is -2.24. The first kappa shape index (κ1) is 17.4. The molecule has 1 aromatic carbocycles. The molecule has 0 saturated heterocycles. The lowest BCUT2D eigenvalue weighted by Gasteiger charge is -2.06. The third-order valence-electron chi connectivity index (χ3n) is 5.38. The van der Waals surface area contributed by atoms with Crippen LogP contribution in [-0.2, 0) is 20.0 Å². The summed E-state index contributed by atoms with van der Waals surface area (Å²) >= 11 is 1.60. The Balaban J connectivity index is 1.39. The highest BCUT2D eigenvalue weighted by Gasteiger charge is 2.19. The third-order valence-corrected chi connectivity index (χ3v) is 6.46. The first-order valence-corrected chi connectivity index (χ1v) is 10.4. The highest BCUT2D eigenvalue weighted by molar-refractivity contribution is 7.19. The Hall–Kier alpha value is -3.46. The number of benzene rings is 1. The molecule has 0 bridgehead atoms. The number of aryl methyl sites for hydroxylation is 1. The molecule has 8 nitrogen and oxygen atoms in total. The molecule has 0 radical (unpaired) electrons. The minimum atomic E-state index is -0.137. The van der Waals surface area contributed by atoms with Gasteiger partial charge in [-0.1, -0.05) is 12.1 Å². The van der Waals surface area contributed by atoms with Gasteiger partial charge in [-0.05, 0) is 23.8 Å². The topological polar surface area (TPSA) is 83.5 Å². The predicted octanol–water partition coefficient (Wildman–Crippen LogP) is 2.68. The van der Waals surface area contributed by atoms with Crippen LogP contribution >= 0.6 is 11.3 Å². The van der Waals surface area contributed by atoms with Crippen LogP contribution in [0.3, 0.4) is 0 Å². The number of hydrogen-bond acceptors (Lipinski definition) is 7. The SMILES string of the molecule is Cn1c2nc(CC3=NCC=C3)sc2c2cnn(Cc3ccc4c(c3)OCO4)c(=O)c21.